The molecule has 0 aromatic carbocycles. The Hall–Kier alpha value is -1.72. The molecule has 0 saturated carbocycles. The van der Waals surface area contributed by atoms with Gasteiger partial charge in [0.1, 0.15) is 13.1 Å². The average Bonchev–Trinajstić information content (AvgIpc) is 2.37. The Morgan fingerprint density at radius 1 is 1.30 bits per heavy atom. The van der Waals surface area contributed by atoms with E-state index < -0.39 is 18.1 Å². The molecular weight excluding hydrogens is 267 g/mol. The Bertz CT molecular complexity index is 559. The third-order valence-corrected chi connectivity index (χ3v) is 3.29. The predicted molar refractivity (Wildman–Crippen MR) is 70.7 cm³/mol. The van der Waals surface area contributed by atoms with E-state index in [-0.39, 0.29) is 5.92 Å². The Labute approximate surface area is 115 Å². The van der Waals surface area contributed by atoms with Gasteiger partial charge in [-0.25, -0.2) is 14.6 Å². The number of alkyl halides is 3. The van der Waals surface area contributed by atoms with E-state index in [2.05, 4.69) is 9.98 Å². The van der Waals surface area contributed by atoms with Crippen LogP contribution in [0.1, 0.15) is 32.0 Å². The number of aliphatic imine (C=N–C) groups is 2. The molecule has 1 aliphatic heterocycles. The molecule has 0 N–H and O–H groups in total. The van der Waals surface area contributed by atoms with Gasteiger partial charge in [0.2, 0.25) is 11.5 Å². The molecule has 0 fully saturated rings. The number of amidine groups is 1. The smallest absolute Gasteiger partial charge is 0.248 e. The first kappa shape index (κ1) is 14.7. The summed E-state index contributed by atoms with van der Waals surface area (Å²) in [5.74, 6) is -1.05. The van der Waals surface area contributed by atoms with E-state index in [1.54, 1.807) is 29.9 Å². The first-order valence-electron chi connectivity index (χ1n) is 6.46. The summed E-state index contributed by atoms with van der Waals surface area (Å²) >= 11 is 0. The van der Waals surface area contributed by atoms with Crippen LogP contribution in [-0.2, 0) is 7.05 Å². The van der Waals surface area contributed by atoms with Crippen LogP contribution in [0.5, 0.6) is 0 Å². The van der Waals surface area contributed by atoms with Crippen molar-refractivity contribution >= 4 is 11.5 Å². The number of aryl methyl sites for hydroxylation is 1. The average molecular weight is 284 g/mol. The van der Waals surface area contributed by atoms with Crippen LogP contribution in [0.15, 0.2) is 34.4 Å². The fraction of sp³-hybridized carbons (Fsp3) is 0.500. The molecule has 2 heterocycles. The second-order valence-electron chi connectivity index (χ2n) is 5.16. The number of pyridine rings is 1. The molecule has 3 nitrogen and oxygen atoms in total. The number of rotatable bonds is 2. The highest BCUT2D eigenvalue weighted by Crippen LogP contribution is 2.30. The SMILES string of the molecule is CC(C)C1=NC(C(F)(F)F)=NC(c2cccc[n+]2C)C1. The second-order valence-corrected chi connectivity index (χ2v) is 5.16. The number of aromatic nitrogens is 1. The molecule has 2 rings (SSSR count). The molecule has 0 bridgehead atoms. The van der Waals surface area contributed by atoms with Crippen LogP contribution in [0.25, 0.3) is 0 Å². The lowest BCUT2D eigenvalue weighted by molar-refractivity contribution is -0.680. The van der Waals surface area contributed by atoms with Gasteiger partial charge in [0.25, 0.3) is 0 Å². The van der Waals surface area contributed by atoms with Crippen LogP contribution in [-0.4, -0.2) is 17.7 Å². The zero-order valence-electron chi connectivity index (χ0n) is 11.6. The number of hydrogen-bond acceptors (Lipinski definition) is 2. The van der Waals surface area contributed by atoms with Crippen molar-refractivity contribution in [1.29, 1.82) is 0 Å². The molecule has 1 atom stereocenters. The van der Waals surface area contributed by atoms with E-state index in [0.717, 1.165) is 5.69 Å². The van der Waals surface area contributed by atoms with Gasteiger partial charge in [0.15, 0.2) is 6.20 Å². The topological polar surface area (TPSA) is 28.6 Å². The minimum atomic E-state index is -4.51. The highest BCUT2D eigenvalue weighted by Gasteiger charge is 2.40. The molecule has 1 unspecified atom stereocenters. The van der Waals surface area contributed by atoms with Crippen molar-refractivity contribution < 1.29 is 17.7 Å². The van der Waals surface area contributed by atoms with Gasteiger partial charge in [-0.3, -0.25) is 0 Å². The second kappa shape index (κ2) is 5.34. The molecule has 0 radical (unpaired) electrons. The third kappa shape index (κ3) is 3.05. The van der Waals surface area contributed by atoms with Gasteiger partial charge < -0.3 is 0 Å². The van der Waals surface area contributed by atoms with Gasteiger partial charge in [-0.15, -0.1) is 0 Å². The summed E-state index contributed by atoms with van der Waals surface area (Å²) in [7, 11) is 1.80. The Balaban J connectivity index is 2.44. The third-order valence-electron chi connectivity index (χ3n) is 3.29. The molecule has 0 aliphatic carbocycles. The van der Waals surface area contributed by atoms with Gasteiger partial charge in [0, 0.05) is 24.3 Å². The zero-order chi connectivity index (χ0) is 14.9. The van der Waals surface area contributed by atoms with Crippen molar-refractivity contribution in [2.75, 3.05) is 0 Å². The molecule has 20 heavy (non-hydrogen) atoms. The summed E-state index contributed by atoms with van der Waals surface area (Å²) in [5, 5.41) is 0. The highest BCUT2D eigenvalue weighted by molar-refractivity contribution is 6.03. The fourth-order valence-electron chi connectivity index (χ4n) is 2.16. The van der Waals surface area contributed by atoms with Crippen LogP contribution in [0.2, 0.25) is 0 Å². The van der Waals surface area contributed by atoms with Crippen molar-refractivity contribution in [2.45, 2.75) is 32.5 Å². The van der Waals surface area contributed by atoms with E-state index in [9.17, 15) is 13.2 Å². The summed E-state index contributed by atoms with van der Waals surface area (Å²) < 4.78 is 40.6. The monoisotopic (exact) mass is 284 g/mol. The van der Waals surface area contributed by atoms with E-state index in [4.69, 9.17) is 0 Å². The molecule has 1 aromatic heterocycles. The first-order chi connectivity index (χ1) is 9.29. The molecule has 0 spiro atoms. The summed E-state index contributed by atoms with van der Waals surface area (Å²) in [4.78, 5) is 7.49. The first-order valence-corrected chi connectivity index (χ1v) is 6.46. The van der Waals surface area contributed by atoms with Crippen molar-refractivity contribution in [3.63, 3.8) is 0 Å². The van der Waals surface area contributed by atoms with E-state index in [1.165, 1.54) is 0 Å². The van der Waals surface area contributed by atoms with Crippen molar-refractivity contribution in [2.24, 2.45) is 23.0 Å². The van der Waals surface area contributed by atoms with Gasteiger partial charge in [0.05, 0.1) is 0 Å². The number of halogens is 3. The Kier molecular flexibility index (Phi) is 3.92. The largest absolute Gasteiger partial charge is 0.451 e. The molecule has 0 saturated heterocycles. The maximum atomic E-state index is 12.9. The number of hydrogen-bond donors (Lipinski definition) is 0. The maximum Gasteiger partial charge on any atom is 0.451 e. The molecular formula is C14H17F3N3+. The van der Waals surface area contributed by atoms with E-state index in [1.807, 2.05) is 19.9 Å². The molecule has 1 aromatic rings. The van der Waals surface area contributed by atoms with Crippen LogP contribution in [0.3, 0.4) is 0 Å². The van der Waals surface area contributed by atoms with Crippen LogP contribution < -0.4 is 4.57 Å². The lowest BCUT2D eigenvalue weighted by Gasteiger charge is -2.21. The van der Waals surface area contributed by atoms with Crippen LogP contribution in [0, 0.1) is 5.92 Å². The van der Waals surface area contributed by atoms with Crippen molar-refractivity contribution in [3.05, 3.63) is 30.1 Å². The van der Waals surface area contributed by atoms with Crippen LogP contribution >= 0.6 is 0 Å². The molecule has 1 aliphatic rings. The molecule has 0 amide bonds. The summed E-state index contributed by atoms with van der Waals surface area (Å²) in [6, 6.07) is 4.90. The highest BCUT2D eigenvalue weighted by atomic mass is 19.4. The summed E-state index contributed by atoms with van der Waals surface area (Å²) in [6.45, 7) is 3.69. The minimum absolute atomic E-state index is 0.0284. The van der Waals surface area contributed by atoms with Gasteiger partial charge >= 0.3 is 6.18 Å². The summed E-state index contributed by atoms with van der Waals surface area (Å²) in [6.07, 6.45) is -2.28. The quantitative estimate of drug-likeness (QED) is 0.747. The summed E-state index contributed by atoms with van der Waals surface area (Å²) in [5.41, 5.74) is 1.29. The van der Waals surface area contributed by atoms with Gasteiger partial charge in [-0.05, 0) is 5.92 Å². The lowest BCUT2D eigenvalue weighted by atomic mass is 9.97. The van der Waals surface area contributed by atoms with Gasteiger partial charge in [-0.1, -0.05) is 19.9 Å². The predicted octanol–water partition coefficient (Wildman–Crippen LogP) is 3.01. The van der Waals surface area contributed by atoms with Gasteiger partial charge in [-0.2, -0.15) is 13.2 Å². The van der Waals surface area contributed by atoms with E-state index >= 15 is 0 Å². The normalized spacial score (nSPS) is 19.9. The minimum Gasteiger partial charge on any atom is -0.248 e. The molecule has 108 valence electrons. The maximum absolute atomic E-state index is 12.9. The fourth-order valence-corrected chi connectivity index (χ4v) is 2.16. The lowest BCUT2D eigenvalue weighted by Crippen LogP contribution is -2.37. The standard InChI is InChI=1S/C14H17F3N3/c1-9(2)10-8-11(12-6-4-5-7-20(12)3)19-13(18-10)14(15,16)17/h4-7,9,11H,8H2,1-3H3/q+1. The Morgan fingerprint density at radius 2 is 2.00 bits per heavy atom. The van der Waals surface area contributed by atoms with E-state index in [0.29, 0.717) is 12.1 Å². The Morgan fingerprint density at radius 3 is 2.55 bits per heavy atom. The van der Waals surface area contributed by atoms with Crippen molar-refractivity contribution in [3.8, 4) is 0 Å². The van der Waals surface area contributed by atoms with Crippen LogP contribution in [0.4, 0.5) is 13.2 Å². The van der Waals surface area contributed by atoms with Crippen molar-refractivity contribution in [1.82, 2.24) is 0 Å². The number of nitrogens with zero attached hydrogens (tertiary/aromatic N) is 3. The zero-order valence-corrected chi connectivity index (χ0v) is 11.6. The molecule has 6 heteroatoms.